The third-order valence-electron chi connectivity index (χ3n) is 5.63. The predicted molar refractivity (Wildman–Crippen MR) is 93.6 cm³/mol. The van der Waals surface area contributed by atoms with Crippen molar-refractivity contribution in [1.82, 2.24) is 4.98 Å². The molecule has 6 heteroatoms. The minimum atomic E-state index is -1.29. The smallest absolute Gasteiger partial charge is 0.323 e. The lowest BCUT2D eigenvalue weighted by Gasteiger charge is -2.30. The summed E-state index contributed by atoms with van der Waals surface area (Å²) in [5.74, 6) is -0.0794. The zero-order valence-corrected chi connectivity index (χ0v) is 15.5. The summed E-state index contributed by atoms with van der Waals surface area (Å²) in [6, 6.07) is 0. The van der Waals surface area contributed by atoms with Crippen LogP contribution in [0.3, 0.4) is 0 Å². The Hall–Kier alpha value is -2.11. The second-order valence-corrected chi connectivity index (χ2v) is 7.07. The van der Waals surface area contributed by atoms with Crippen molar-refractivity contribution in [3.8, 4) is 0 Å². The van der Waals surface area contributed by atoms with Crippen molar-refractivity contribution >= 4 is 17.8 Å². The number of aryl methyl sites for hydroxylation is 1. The van der Waals surface area contributed by atoms with E-state index in [9.17, 15) is 9.59 Å². The van der Waals surface area contributed by atoms with E-state index in [1.165, 1.54) is 33.5 Å². The van der Waals surface area contributed by atoms with Gasteiger partial charge >= 0.3 is 11.9 Å². The summed E-state index contributed by atoms with van der Waals surface area (Å²) < 4.78 is 9.89. The molecule has 3 rings (SSSR count). The molecule has 1 fully saturated rings. The Bertz CT molecular complexity index is 692. The van der Waals surface area contributed by atoms with Crippen LogP contribution in [0.25, 0.3) is 0 Å². The number of fused-ring (bicyclic) bond motifs is 1. The van der Waals surface area contributed by atoms with Crippen LogP contribution in [0.15, 0.2) is 0 Å². The lowest BCUT2D eigenvalue weighted by atomic mass is 9.84. The van der Waals surface area contributed by atoms with Crippen molar-refractivity contribution in [3.63, 3.8) is 0 Å². The van der Waals surface area contributed by atoms with Crippen LogP contribution in [-0.2, 0) is 31.9 Å². The number of carbonyl (C=O) groups excluding carboxylic acids is 2. The SMILES string of the molecule is COC(=O)C1(C(=O)OC)Cc2c(C)nc(N3CCCCC3)c(C)c2C1. The number of pyridine rings is 1. The van der Waals surface area contributed by atoms with Gasteiger partial charge in [-0.05, 0) is 49.8 Å². The van der Waals surface area contributed by atoms with Crippen molar-refractivity contribution in [2.45, 2.75) is 46.0 Å². The first kappa shape index (κ1) is 17.7. The third kappa shape index (κ3) is 2.77. The molecule has 0 amide bonds. The molecule has 0 unspecified atom stereocenters. The topological polar surface area (TPSA) is 68.7 Å². The van der Waals surface area contributed by atoms with Crippen molar-refractivity contribution in [2.24, 2.45) is 5.41 Å². The van der Waals surface area contributed by atoms with Gasteiger partial charge in [0.25, 0.3) is 0 Å². The van der Waals surface area contributed by atoms with Crippen molar-refractivity contribution < 1.29 is 19.1 Å². The number of rotatable bonds is 3. The molecule has 25 heavy (non-hydrogen) atoms. The number of hydrogen-bond acceptors (Lipinski definition) is 6. The van der Waals surface area contributed by atoms with Gasteiger partial charge in [0, 0.05) is 31.6 Å². The van der Waals surface area contributed by atoms with Crippen LogP contribution in [0.2, 0.25) is 0 Å². The molecule has 1 saturated heterocycles. The highest BCUT2D eigenvalue weighted by molar-refractivity contribution is 6.01. The van der Waals surface area contributed by atoms with E-state index in [-0.39, 0.29) is 0 Å². The number of methoxy groups -OCH3 is 2. The molecule has 0 aromatic carbocycles. The van der Waals surface area contributed by atoms with Gasteiger partial charge in [0.05, 0.1) is 14.2 Å². The normalized spacial score (nSPS) is 18.6. The van der Waals surface area contributed by atoms with E-state index in [0.717, 1.165) is 41.3 Å². The number of anilines is 1. The van der Waals surface area contributed by atoms with Crippen LogP contribution in [0, 0.1) is 19.3 Å². The first-order chi connectivity index (χ1) is 11.9. The highest BCUT2D eigenvalue weighted by Crippen LogP contribution is 2.43. The monoisotopic (exact) mass is 346 g/mol. The molecule has 0 saturated carbocycles. The molecule has 0 N–H and O–H groups in total. The van der Waals surface area contributed by atoms with Crippen molar-refractivity contribution in [2.75, 3.05) is 32.2 Å². The summed E-state index contributed by atoms with van der Waals surface area (Å²) in [6.45, 7) is 6.01. The number of nitrogens with zero attached hydrogens (tertiary/aromatic N) is 2. The quantitative estimate of drug-likeness (QED) is 0.617. The maximum atomic E-state index is 12.5. The lowest BCUT2D eigenvalue weighted by Crippen LogP contribution is -2.42. The molecular weight excluding hydrogens is 320 g/mol. The molecule has 1 aliphatic carbocycles. The fourth-order valence-electron chi connectivity index (χ4n) is 4.21. The minimum Gasteiger partial charge on any atom is -0.468 e. The third-order valence-corrected chi connectivity index (χ3v) is 5.63. The highest BCUT2D eigenvalue weighted by Gasteiger charge is 2.53. The molecule has 0 radical (unpaired) electrons. The fourth-order valence-corrected chi connectivity index (χ4v) is 4.21. The van der Waals surface area contributed by atoms with Crippen LogP contribution in [-0.4, -0.2) is 44.2 Å². The summed E-state index contributed by atoms with van der Waals surface area (Å²) in [5.41, 5.74) is 2.69. The molecule has 6 nitrogen and oxygen atoms in total. The van der Waals surface area contributed by atoms with Gasteiger partial charge in [0.15, 0.2) is 5.41 Å². The Labute approximate surface area is 148 Å². The number of ether oxygens (including phenoxy) is 2. The summed E-state index contributed by atoms with van der Waals surface area (Å²) in [5, 5.41) is 0. The van der Waals surface area contributed by atoms with Crippen LogP contribution in [0.5, 0.6) is 0 Å². The first-order valence-corrected chi connectivity index (χ1v) is 8.85. The zero-order chi connectivity index (χ0) is 18.2. The standard InChI is InChI=1S/C19H26N2O4/c1-12-14-10-19(17(22)24-3,18(23)25-4)11-15(14)13(2)20-16(12)21-8-6-5-7-9-21/h5-11H2,1-4H3. The molecular formula is C19H26N2O4. The maximum Gasteiger partial charge on any atom is 0.323 e. The van der Waals surface area contributed by atoms with Gasteiger partial charge in [-0.25, -0.2) is 4.98 Å². The van der Waals surface area contributed by atoms with Gasteiger partial charge in [-0.3, -0.25) is 9.59 Å². The van der Waals surface area contributed by atoms with Gasteiger partial charge < -0.3 is 14.4 Å². The number of aromatic nitrogens is 1. The lowest BCUT2D eigenvalue weighted by molar-refractivity contribution is -0.168. The molecule has 1 aliphatic heterocycles. The molecule has 2 heterocycles. The van der Waals surface area contributed by atoms with Crippen LogP contribution < -0.4 is 4.90 Å². The number of carbonyl (C=O) groups is 2. The number of hydrogen-bond donors (Lipinski definition) is 0. The van der Waals surface area contributed by atoms with E-state index in [4.69, 9.17) is 14.5 Å². The average Bonchev–Trinajstić information content (AvgIpc) is 3.07. The Kier molecular flexibility index (Phi) is 4.71. The largest absolute Gasteiger partial charge is 0.468 e. The summed E-state index contributed by atoms with van der Waals surface area (Å²) in [4.78, 5) is 32.1. The second kappa shape index (κ2) is 6.65. The van der Waals surface area contributed by atoms with E-state index in [1.54, 1.807) is 0 Å². The maximum absolute atomic E-state index is 12.5. The Morgan fingerprint density at radius 2 is 1.52 bits per heavy atom. The Morgan fingerprint density at radius 3 is 2.08 bits per heavy atom. The minimum absolute atomic E-state index is 0.293. The van der Waals surface area contributed by atoms with Crippen molar-refractivity contribution in [3.05, 3.63) is 22.4 Å². The molecule has 0 spiro atoms. The number of piperidine rings is 1. The average molecular weight is 346 g/mol. The van der Waals surface area contributed by atoms with E-state index >= 15 is 0 Å². The van der Waals surface area contributed by atoms with Gasteiger partial charge in [-0.1, -0.05) is 0 Å². The summed E-state index contributed by atoms with van der Waals surface area (Å²) in [7, 11) is 2.63. The van der Waals surface area contributed by atoms with Gasteiger partial charge in [-0.15, -0.1) is 0 Å². The fraction of sp³-hybridized carbons (Fsp3) is 0.632. The predicted octanol–water partition coefficient (Wildman–Crippen LogP) is 2.12. The van der Waals surface area contributed by atoms with Gasteiger partial charge in [0.1, 0.15) is 5.82 Å². The molecule has 1 aromatic rings. The molecule has 0 bridgehead atoms. The van der Waals surface area contributed by atoms with E-state index in [1.807, 2.05) is 13.8 Å². The van der Waals surface area contributed by atoms with Crippen LogP contribution >= 0.6 is 0 Å². The van der Waals surface area contributed by atoms with E-state index < -0.39 is 17.4 Å². The van der Waals surface area contributed by atoms with Crippen LogP contribution in [0.4, 0.5) is 5.82 Å². The van der Waals surface area contributed by atoms with Gasteiger partial charge in [0.2, 0.25) is 0 Å². The molecule has 0 atom stereocenters. The van der Waals surface area contributed by atoms with Crippen LogP contribution in [0.1, 0.15) is 41.6 Å². The Balaban J connectivity index is 2.05. The van der Waals surface area contributed by atoms with E-state index in [2.05, 4.69) is 4.90 Å². The zero-order valence-electron chi connectivity index (χ0n) is 15.5. The summed E-state index contributed by atoms with van der Waals surface area (Å²) in [6.07, 6.45) is 4.21. The van der Waals surface area contributed by atoms with Gasteiger partial charge in [-0.2, -0.15) is 0 Å². The molecule has 2 aliphatic rings. The summed E-state index contributed by atoms with van der Waals surface area (Å²) >= 11 is 0. The molecule has 136 valence electrons. The van der Waals surface area contributed by atoms with Crippen molar-refractivity contribution in [1.29, 1.82) is 0 Å². The number of esters is 2. The Morgan fingerprint density at radius 1 is 0.960 bits per heavy atom. The van der Waals surface area contributed by atoms with E-state index in [0.29, 0.717) is 12.8 Å². The second-order valence-electron chi connectivity index (χ2n) is 7.07. The molecule has 1 aromatic heterocycles. The first-order valence-electron chi connectivity index (χ1n) is 8.85. The highest BCUT2D eigenvalue weighted by atomic mass is 16.5.